The molecule has 0 aromatic carbocycles. The molecule has 4 N–H and O–H groups in total. The molecule has 4 heteroatoms. The second-order valence-corrected chi connectivity index (χ2v) is 5.64. The number of carbonyl (C=O) groups is 1. The van der Waals surface area contributed by atoms with Crippen molar-refractivity contribution in [3.8, 4) is 0 Å². The Kier molecular flexibility index (Phi) is 3.12. The van der Waals surface area contributed by atoms with Gasteiger partial charge in [0.15, 0.2) is 0 Å². The average molecular weight is 214 g/mol. The van der Waals surface area contributed by atoms with Crippen molar-refractivity contribution >= 4 is 5.91 Å². The Morgan fingerprint density at radius 3 is 2.13 bits per heavy atom. The van der Waals surface area contributed by atoms with Crippen LogP contribution in [-0.2, 0) is 4.79 Å². The molecule has 1 rings (SSSR count). The van der Waals surface area contributed by atoms with Crippen LogP contribution in [0.15, 0.2) is 0 Å². The van der Waals surface area contributed by atoms with Gasteiger partial charge in [-0.25, -0.2) is 0 Å². The van der Waals surface area contributed by atoms with Crippen LogP contribution < -0.4 is 11.1 Å². The Hall–Kier alpha value is -0.610. The molecule has 0 aromatic heterocycles. The molecule has 1 aliphatic rings. The Balaban J connectivity index is 2.53. The molecule has 0 heterocycles. The van der Waals surface area contributed by atoms with E-state index in [9.17, 15) is 4.79 Å². The van der Waals surface area contributed by atoms with E-state index in [2.05, 4.69) is 5.32 Å². The van der Waals surface area contributed by atoms with E-state index in [1.165, 1.54) is 0 Å². The van der Waals surface area contributed by atoms with Gasteiger partial charge in [-0.1, -0.05) is 0 Å². The summed E-state index contributed by atoms with van der Waals surface area (Å²) in [6.45, 7) is 7.39. The number of hydrogen-bond acceptors (Lipinski definition) is 3. The second-order valence-electron chi connectivity index (χ2n) is 5.64. The predicted octanol–water partition coefficient (Wildman–Crippen LogP) is 0.389. The predicted molar refractivity (Wildman–Crippen MR) is 59.2 cm³/mol. The fourth-order valence-electron chi connectivity index (χ4n) is 1.36. The molecule has 1 fully saturated rings. The van der Waals surface area contributed by atoms with Gasteiger partial charge in [-0.15, -0.1) is 0 Å². The standard InChI is InChI=1S/C11H22N2O2/c1-10(2,11(3,4)12)9(15)13-7-5-8(14)6-7/h7-8,14H,5-6,12H2,1-4H3,(H,13,15). The molecule has 0 unspecified atom stereocenters. The number of aliphatic hydroxyl groups excluding tert-OH is 1. The van der Waals surface area contributed by atoms with Gasteiger partial charge in [0.2, 0.25) is 5.91 Å². The van der Waals surface area contributed by atoms with Crippen molar-refractivity contribution < 1.29 is 9.90 Å². The zero-order valence-corrected chi connectivity index (χ0v) is 10.0. The molecule has 0 aromatic rings. The van der Waals surface area contributed by atoms with Gasteiger partial charge >= 0.3 is 0 Å². The second kappa shape index (κ2) is 3.76. The van der Waals surface area contributed by atoms with Crippen LogP contribution in [-0.4, -0.2) is 28.7 Å². The lowest BCUT2D eigenvalue weighted by Gasteiger charge is -2.40. The first-order valence-electron chi connectivity index (χ1n) is 5.42. The highest BCUT2D eigenvalue weighted by Gasteiger charge is 2.42. The Morgan fingerprint density at radius 1 is 1.33 bits per heavy atom. The zero-order chi connectivity index (χ0) is 11.9. The SMILES string of the molecule is CC(C)(N)C(C)(C)C(=O)NC1CC(O)C1. The van der Waals surface area contributed by atoms with Crippen molar-refractivity contribution in [1.29, 1.82) is 0 Å². The van der Waals surface area contributed by atoms with Crippen LogP contribution in [0.3, 0.4) is 0 Å². The van der Waals surface area contributed by atoms with Gasteiger partial charge in [-0.2, -0.15) is 0 Å². The molecule has 0 bridgehead atoms. The first-order valence-corrected chi connectivity index (χ1v) is 5.42. The van der Waals surface area contributed by atoms with E-state index < -0.39 is 11.0 Å². The summed E-state index contributed by atoms with van der Waals surface area (Å²) in [6, 6.07) is 0.120. The molecule has 1 aliphatic carbocycles. The monoisotopic (exact) mass is 214 g/mol. The summed E-state index contributed by atoms with van der Waals surface area (Å²) >= 11 is 0. The van der Waals surface area contributed by atoms with Gasteiger partial charge in [-0.3, -0.25) is 4.79 Å². The lowest BCUT2D eigenvalue weighted by Crippen LogP contribution is -2.59. The number of aliphatic hydroxyl groups is 1. The third-order valence-corrected chi connectivity index (χ3v) is 3.63. The Morgan fingerprint density at radius 2 is 1.80 bits per heavy atom. The van der Waals surface area contributed by atoms with E-state index in [4.69, 9.17) is 10.8 Å². The molecule has 4 nitrogen and oxygen atoms in total. The van der Waals surface area contributed by atoms with E-state index in [-0.39, 0.29) is 18.1 Å². The van der Waals surface area contributed by atoms with Gasteiger partial charge in [-0.05, 0) is 40.5 Å². The highest BCUT2D eigenvalue weighted by Crippen LogP contribution is 2.30. The number of hydrogen-bond donors (Lipinski definition) is 3. The minimum atomic E-state index is -0.604. The van der Waals surface area contributed by atoms with Crippen LogP contribution in [0.4, 0.5) is 0 Å². The van der Waals surface area contributed by atoms with Crippen LogP contribution in [0, 0.1) is 5.41 Å². The van der Waals surface area contributed by atoms with Gasteiger partial charge in [0.25, 0.3) is 0 Å². The lowest BCUT2D eigenvalue weighted by atomic mass is 9.74. The van der Waals surface area contributed by atoms with Crippen LogP contribution in [0.5, 0.6) is 0 Å². The Bertz CT molecular complexity index is 250. The van der Waals surface area contributed by atoms with Crippen molar-refractivity contribution in [3.63, 3.8) is 0 Å². The maximum absolute atomic E-state index is 11.9. The van der Waals surface area contributed by atoms with Crippen molar-refractivity contribution in [2.45, 2.75) is 58.2 Å². The van der Waals surface area contributed by atoms with E-state index in [1.807, 2.05) is 27.7 Å². The third-order valence-electron chi connectivity index (χ3n) is 3.63. The van der Waals surface area contributed by atoms with Crippen LogP contribution in [0.2, 0.25) is 0 Å². The summed E-state index contributed by atoms with van der Waals surface area (Å²) < 4.78 is 0. The first-order chi connectivity index (χ1) is 6.64. The summed E-state index contributed by atoms with van der Waals surface area (Å²) in [6.07, 6.45) is 1.07. The number of carbonyl (C=O) groups excluding carboxylic acids is 1. The van der Waals surface area contributed by atoms with Crippen molar-refractivity contribution in [1.82, 2.24) is 5.32 Å². The minimum absolute atomic E-state index is 0.0353. The normalized spacial score (nSPS) is 27.1. The molecular weight excluding hydrogens is 192 g/mol. The molecule has 0 spiro atoms. The molecule has 0 aliphatic heterocycles. The van der Waals surface area contributed by atoms with Gasteiger partial charge in [0.05, 0.1) is 11.5 Å². The van der Waals surface area contributed by atoms with Crippen molar-refractivity contribution in [2.24, 2.45) is 11.1 Å². The topological polar surface area (TPSA) is 75.4 Å². The maximum atomic E-state index is 11.9. The van der Waals surface area contributed by atoms with Gasteiger partial charge < -0.3 is 16.2 Å². The minimum Gasteiger partial charge on any atom is -0.393 e. The van der Waals surface area contributed by atoms with Gasteiger partial charge in [0, 0.05) is 11.6 Å². The molecule has 1 saturated carbocycles. The molecule has 1 amide bonds. The smallest absolute Gasteiger partial charge is 0.227 e. The highest BCUT2D eigenvalue weighted by molar-refractivity contribution is 5.83. The average Bonchev–Trinajstić information content (AvgIpc) is 1.99. The van der Waals surface area contributed by atoms with Crippen LogP contribution in [0.25, 0.3) is 0 Å². The van der Waals surface area contributed by atoms with E-state index in [1.54, 1.807) is 0 Å². The largest absolute Gasteiger partial charge is 0.393 e. The van der Waals surface area contributed by atoms with Crippen molar-refractivity contribution in [3.05, 3.63) is 0 Å². The Labute approximate surface area is 91.2 Å². The summed E-state index contributed by atoms with van der Waals surface area (Å²) in [5.41, 5.74) is 4.81. The zero-order valence-electron chi connectivity index (χ0n) is 10.0. The molecule has 15 heavy (non-hydrogen) atoms. The van der Waals surface area contributed by atoms with Crippen molar-refractivity contribution in [2.75, 3.05) is 0 Å². The van der Waals surface area contributed by atoms with E-state index in [0.29, 0.717) is 12.8 Å². The molecular formula is C11H22N2O2. The number of rotatable bonds is 3. The van der Waals surface area contributed by atoms with Crippen LogP contribution in [0.1, 0.15) is 40.5 Å². The number of amides is 1. The summed E-state index contributed by atoms with van der Waals surface area (Å²) in [7, 11) is 0. The van der Waals surface area contributed by atoms with Gasteiger partial charge in [0.1, 0.15) is 0 Å². The lowest BCUT2D eigenvalue weighted by molar-refractivity contribution is -0.134. The summed E-state index contributed by atoms with van der Waals surface area (Å²) in [5.74, 6) is -0.0353. The molecule has 88 valence electrons. The summed E-state index contributed by atoms with van der Waals surface area (Å²) in [4.78, 5) is 11.9. The number of nitrogens with two attached hydrogens (primary N) is 1. The highest BCUT2D eigenvalue weighted by atomic mass is 16.3. The summed E-state index contributed by atoms with van der Waals surface area (Å²) in [5, 5.41) is 12.0. The fraction of sp³-hybridized carbons (Fsp3) is 0.909. The van der Waals surface area contributed by atoms with E-state index >= 15 is 0 Å². The quantitative estimate of drug-likeness (QED) is 0.636. The molecule has 0 saturated heterocycles. The molecule has 0 radical (unpaired) electrons. The first kappa shape index (κ1) is 12.5. The third kappa shape index (κ3) is 2.49. The van der Waals surface area contributed by atoms with Crippen LogP contribution >= 0.6 is 0 Å². The molecule has 0 atom stereocenters. The fourth-order valence-corrected chi connectivity index (χ4v) is 1.36. The van der Waals surface area contributed by atoms with E-state index in [0.717, 1.165) is 0 Å². The number of nitrogens with one attached hydrogen (secondary N) is 1. The maximum Gasteiger partial charge on any atom is 0.227 e.